The predicted octanol–water partition coefficient (Wildman–Crippen LogP) is 0.996. The van der Waals surface area contributed by atoms with Gasteiger partial charge in [-0.25, -0.2) is 9.13 Å². The third kappa shape index (κ3) is 26.2. The van der Waals surface area contributed by atoms with Gasteiger partial charge in [0.15, 0.2) is 11.6 Å². The SMILES string of the molecule is CCC(=O)OCC(CSCC(N)C(=O)CC(COP(=O)(O)O)C(=O)CC(COP(=O)(O)O)C(=O)CCCOCC(=O)CCC(C)=O)OC(=O)CC. The maximum absolute atomic E-state index is 13.3. The molecule has 6 N–H and O–H groups in total. The number of thioether (sulfide) groups is 1. The van der Waals surface area contributed by atoms with E-state index in [0.717, 1.165) is 11.8 Å². The second-order valence-electron chi connectivity index (χ2n) is 11.3. The minimum atomic E-state index is -5.14. The van der Waals surface area contributed by atoms with Crippen LogP contribution in [0.4, 0.5) is 0 Å². The molecule has 0 aliphatic carbocycles. The molecule has 0 rings (SSSR count). The fourth-order valence-corrected chi connectivity index (χ4v) is 5.68. The van der Waals surface area contributed by atoms with Gasteiger partial charge >= 0.3 is 27.6 Å². The number of phosphoric acid groups is 2. The Morgan fingerprint density at radius 2 is 1.27 bits per heavy atom. The van der Waals surface area contributed by atoms with Crippen molar-refractivity contribution < 1.29 is 85.5 Å². The van der Waals surface area contributed by atoms with Gasteiger partial charge in [-0.05, 0) is 13.3 Å². The summed E-state index contributed by atoms with van der Waals surface area (Å²) >= 11 is 1.07. The lowest BCUT2D eigenvalue weighted by molar-refractivity contribution is -0.157. The van der Waals surface area contributed by atoms with Gasteiger partial charge in [-0.1, -0.05) is 13.8 Å². The van der Waals surface area contributed by atoms with Crippen molar-refractivity contribution in [2.75, 3.05) is 44.5 Å². The predicted molar refractivity (Wildman–Crippen MR) is 179 cm³/mol. The molecule has 4 unspecified atom stereocenters. The van der Waals surface area contributed by atoms with Gasteiger partial charge in [0.05, 0.1) is 19.3 Å². The number of Topliss-reactive ketones (excluding diaryl/α,β-unsaturated/α-hetero) is 5. The molecular formula is C29H49NO18P2S. The summed E-state index contributed by atoms with van der Waals surface area (Å²) in [6.45, 7) is 2.00. The molecule has 0 aliphatic heterocycles. The third-order valence-electron chi connectivity index (χ3n) is 6.74. The first-order valence-electron chi connectivity index (χ1n) is 15.9. The van der Waals surface area contributed by atoms with Crippen molar-refractivity contribution in [2.45, 2.75) is 84.3 Å². The van der Waals surface area contributed by atoms with Gasteiger partial charge < -0.3 is 44.3 Å². The summed E-state index contributed by atoms with van der Waals surface area (Å²) in [5.41, 5.74) is 6.00. The Balaban J connectivity index is 5.51. The van der Waals surface area contributed by atoms with Crippen molar-refractivity contribution in [1.29, 1.82) is 0 Å². The molecule has 0 aromatic carbocycles. The Hall–Kier alpha value is -2.22. The highest BCUT2D eigenvalue weighted by molar-refractivity contribution is 7.99. The van der Waals surface area contributed by atoms with E-state index >= 15 is 0 Å². The van der Waals surface area contributed by atoms with Gasteiger partial charge in [0.1, 0.15) is 36.7 Å². The van der Waals surface area contributed by atoms with Gasteiger partial charge in [0, 0.05) is 74.9 Å². The molecule has 51 heavy (non-hydrogen) atoms. The summed E-state index contributed by atoms with van der Waals surface area (Å²) in [6, 6.07) is -1.23. The molecule has 0 heterocycles. The Kier molecular flexibility index (Phi) is 24.6. The molecule has 0 radical (unpaired) electrons. The number of ketones is 5. The third-order valence-corrected chi connectivity index (χ3v) is 8.92. The van der Waals surface area contributed by atoms with Crippen molar-refractivity contribution in [3.63, 3.8) is 0 Å². The Morgan fingerprint density at radius 1 is 0.725 bits per heavy atom. The fraction of sp³-hybridized carbons (Fsp3) is 0.759. The maximum Gasteiger partial charge on any atom is 0.469 e. The summed E-state index contributed by atoms with van der Waals surface area (Å²) in [6.07, 6.45) is -2.31. The summed E-state index contributed by atoms with van der Waals surface area (Å²) in [7, 11) is -10.2. The molecule has 0 fully saturated rings. The van der Waals surface area contributed by atoms with E-state index in [1.165, 1.54) is 6.92 Å². The number of ether oxygens (including phenoxy) is 3. The van der Waals surface area contributed by atoms with Crippen molar-refractivity contribution >= 4 is 68.3 Å². The van der Waals surface area contributed by atoms with Gasteiger partial charge in [-0.15, -0.1) is 0 Å². The molecule has 0 spiro atoms. The molecule has 22 heteroatoms. The summed E-state index contributed by atoms with van der Waals surface area (Å²) in [5.74, 6) is -6.89. The lowest BCUT2D eigenvalue weighted by Gasteiger charge is -2.22. The number of hydrogen-bond acceptors (Lipinski definition) is 16. The minimum absolute atomic E-state index is 0.00826. The van der Waals surface area contributed by atoms with E-state index in [-0.39, 0.29) is 81.4 Å². The highest BCUT2D eigenvalue weighted by Gasteiger charge is 2.33. The molecule has 19 nitrogen and oxygen atoms in total. The average Bonchev–Trinajstić information content (AvgIpc) is 3.04. The first-order chi connectivity index (χ1) is 23.7. The standard InChI is InChI=1S/C29H49NO18P2S/c1-4-28(36)45-16-23(48-29(37)5-2)17-51-18-24(30)27(35)12-21(14-47-50(41,42)43)26(34)11-20(13-46-49(38,39)40)25(33)7-6-10-44-15-22(32)9-8-19(3)31/h20-21,23-24H,4-18,30H2,1-3H3,(H2,38,39,40)(H2,41,42,43). The zero-order valence-corrected chi connectivity index (χ0v) is 31.4. The summed E-state index contributed by atoms with van der Waals surface area (Å²) in [4.78, 5) is 122. The van der Waals surface area contributed by atoms with E-state index in [1.54, 1.807) is 13.8 Å². The Morgan fingerprint density at radius 3 is 1.80 bits per heavy atom. The highest BCUT2D eigenvalue weighted by atomic mass is 32.2. The van der Waals surface area contributed by atoms with Gasteiger partial charge in [0.25, 0.3) is 0 Å². The van der Waals surface area contributed by atoms with Crippen LogP contribution < -0.4 is 5.73 Å². The molecule has 0 saturated heterocycles. The van der Waals surface area contributed by atoms with E-state index in [1.807, 2.05) is 0 Å². The van der Waals surface area contributed by atoms with Crippen LogP contribution in [0.5, 0.6) is 0 Å². The molecule has 0 aliphatic rings. The van der Waals surface area contributed by atoms with E-state index in [2.05, 4.69) is 9.05 Å². The molecule has 0 saturated carbocycles. The molecule has 4 atom stereocenters. The monoisotopic (exact) mass is 793 g/mol. The zero-order chi connectivity index (χ0) is 39.2. The first kappa shape index (κ1) is 48.8. The normalized spacial score (nSPS) is 14.2. The van der Waals surface area contributed by atoms with Crippen LogP contribution in [0.25, 0.3) is 0 Å². The molecule has 0 aromatic rings. The number of rotatable bonds is 31. The fourth-order valence-electron chi connectivity index (χ4n) is 3.93. The highest BCUT2D eigenvalue weighted by Crippen LogP contribution is 2.38. The first-order valence-corrected chi connectivity index (χ1v) is 20.1. The molecule has 294 valence electrons. The number of nitrogens with two attached hydrogens (primary N) is 1. The smallest absolute Gasteiger partial charge is 0.462 e. The van der Waals surface area contributed by atoms with Crippen molar-refractivity contribution in [3.8, 4) is 0 Å². The Labute approximate surface area is 299 Å². The van der Waals surface area contributed by atoms with Gasteiger partial charge in [0.2, 0.25) is 0 Å². The van der Waals surface area contributed by atoms with E-state index in [0.29, 0.717) is 0 Å². The van der Waals surface area contributed by atoms with Gasteiger partial charge in [-0.2, -0.15) is 11.8 Å². The average molecular weight is 794 g/mol. The molecular weight excluding hydrogens is 744 g/mol. The number of esters is 2. The second-order valence-corrected chi connectivity index (χ2v) is 14.9. The van der Waals surface area contributed by atoms with E-state index in [9.17, 15) is 52.5 Å². The van der Waals surface area contributed by atoms with Gasteiger partial charge in [-0.3, -0.25) is 37.8 Å². The number of phosphoric ester groups is 2. The van der Waals surface area contributed by atoms with E-state index in [4.69, 9.17) is 29.7 Å². The van der Waals surface area contributed by atoms with Crippen molar-refractivity contribution in [1.82, 2.24) is 0 Å². The number of hydrogen-bond donors (Lipinski definition) is 5. The second kappa shape index (κ2) is 25.7. The molecule has 0 aromatic heterocycles. The Bertz CT molecular complexity index is 1270. The lowest BCUT2D eigenvalue weighted by Crippen LogP contribution is -2.37. The topological polar surface area (TPSA) is 307 Å². The van der Waals surface area contributed by atoms with Crippen molar-refractivity contribution in [2.24, 2.45) is 17.6 Å². The zero-order valence-electron chi connectivity index (χ0n) is 28.8. The van der Waals surface area contributed by atoms with Crippen LogP contribution in [0.1, 0.15) is 72.1 Å². The molecule has 0 bridgehead atoms. The van der Waals surface area contributed by atoms with E-state index < -0.39 is 95.0 Å². The van der Waals surface area contributed by atoms with Crippen LogP contribution in [0.15, 0.2) is 0 Å². The minimum Gasteiger partial charge on any atom is -0.462 e. The van der Waals surface area contributed by atoms with Crippen LogP contribution in [0, 0.1) is 11.8 Å². The largest absolute Gasteiger partial charge is 0.469 e. The number of carbonyl (C=O) groups excluding carboxylic acids is 7. The van der Waals surface area contributed by atoms with Crippen LogP contribution >= 0.6 is 27.4 Å². The summed E-state index contributed by atoms with van der Waals surface area (Å²) < 4.78 is 47.1. The summed E-state index contributed by atoms with van der Waals surface area (Å²) in [5, 5.41) is 0. The van der Waals surface area contributed by atoms with Crippen LogP contribution in [-0.2, 0) is 65.9 Å². The lowest BCUT2D eigenvalue weighted by atomic mass is 9.88. The quantitative estimate of drug-likeness (QED) is 0.0371. The van der Waals surface area contributed by atoms with Crippen LogP contribution in [0.3, 0.4) is 0 Å². The number of carbonyl (C=O) groups is 7. The molecule has 0 amide bonds. The van der Waals surface area contributed by atoms with Crippen LogP contribution in [0.2, 0.25) is 0 Å². The maximum atomic E-state index is 13.3. The van der Waals surface area contributed by atoms with Crippen molar-refractivity contribution in [3.05, 3.63) is 0 Å². The van der Waals surface area contributed by atoms with Crippen LogP contribution in [-0.4, -0.2) is 117 Å².